The molecule has 2 amide bonds. The number of nitrogens with zero attached hydrogens (tertiary/aromatic N) is 2. The summed E-state index contributed by atoms with van der Waals surface area (Å²) >= 11 is 1.61. The highest BCUT2D eigenvalue weighted by molar-refractivity contribution is 7.09. The average Bonchev–Trinajstić information content (AvgIpc) is 3.07. The number of thiazole rings is 1. The lowest BCUT2D eigenvalue weighted by molar-refractivity contribution is -0.137. The number of carbonyl (C=O) groups excluding carboxylic acids is 2. The second-order valence-corrected chi connectivity index (χ2v) is 7.67. The van der Waals surface area contributed by atoms with Crippen LogP contribution < -0.4 is 5.32 Å². The highest BCUT2D eigenvalue weighted by Gasteiger charge is 2.27. The Balaban J connectivity index is 1.98. The number of amides is 2. The van der Waals surface area contributed by atoms with Gasteiger partial charge in [0.2, 0.25) is 11.8 Å². The van der Waals surface area contributed by atoms with Gasteiger partial charge in [-0.25, -0.2) is 4.98 Å². The summed E-state index contributed by atoms with van der Waals surface area (Å²) in [7, 11) is 1.76. The fourth-order valence-corrected chi connectivity index (χ4v) is 3.40. The summed E-state index contributed by atoms with van der Waals surface area (Å²) in [6.07, 6.45) is 1.17. The fraction of sp³-hybridized carbons (Fsp3) is 0.450. The fourth-order valence-electron chi connectivity index (χ4n) is 2.66. The van der Waals surface area contributed by atoms with Crippen molar-refractivity contribution >= 4 is 23.2 Å². The van der Waals surface area contributed by atoms with Crippen molar-refractivity contribution in [2.75, 3.05) is 7.05 Å². The molecule has 26 heavy (non-hydrogen) atoms. The van der Waals surface area contributed by atoms with Crippen LogP contribution in [0.3, 0.4) is 0 Å². The predicted molar refractivity (Wildman–Crippen MR) is 105 cm³/mol. The standard InChI is InChI=1S/C20H27N3O2S/c1-5-18-21-16(13-26-18)12-23(4)20(25)19(14(2)3)22-17(24)11-15-9-7-6-8-10-15/h6-10,13-14,19H,5,11-12H2,1-4H3,(H,22,24). The zero-order valence-corrected chi connectivity index (χ0v) is 16.7. The third-order valence-corrected chi connectivity index (χ3v) is 5.18. The molecule has 0 spiro atoms. The minimum absolute atomic E-state index is 0.00584. The Labute approximate surface area is 159 Å². The number of likely N-dealkylation sites (N-methyl/N-ethyl adjacent to an activating group) is 1. The molecule has 0 radical (unpaired) electrons. The molecule has 0 aliphatic heterocycles. The summed E-state index contributed by atoms with van der Waals surface area (Å²) in [6, 6.07) is 9.00. The molecule has 0 bridgehead atoms. The maximum absolute atomic E-state index is 12.8. The molecule has 2 aromatic rings. The highest BCUT2D eigenvalue weighted by atomic mass is 32.1. The van der Waals surface area contributed by atoms with Crippen LogP contribution in [0.1, 0.15) is 37.0 Å². The van der Waals surface area contributed by atoms with Gasteiger partial charge in [0.15, 0.2) is 0 Å². The van der Waals surface area contributed by atoms with Gasteiger partial charge < -0.3 is 10.2 Å². The topological polar surface area (TPSA) is 62.3 Å². The first-order chi connectivity index (χ1) is 12.4. The smallest absolute Gasteiger partial charge is 0.245 e. The van der Waals surface area contributed by atoms with E-state index in [4.69, 9.17) is 0 Å². The van der Waals surface area contributed by atoms with E-state index in [1.54, 1.807) is 23.3 Å². The van der Waals surface area contributed by atoms with Crippen LogP contribution in [-0.4, -0.2) is 34.8 Å². The van der Waals surface area contributed by atoms with Crippen LogP contribution >= 0.6 is 11.3 Å². The summed E-state index contributed by atoms with van der Waals surface area (Å²) < 4.78 is 0. The quantitative estimate of drug-likeness (QED) is 0.774. The zero-order chi connectivity index (χ0) is 19.1. The lowest BCUT2D eigenvalue weighted by atomic mass is 10.0. The summed E-state index contributed by atoms with van der Waals surface area (Å²) in [6.45, 7) is 6.40. The van der Waals surface area contributed by atoms with Gasteiger partial charge in [-0.15, -0.1) is 11.3 Å². The van der Waals surface area contributed by atoms with E-state index in [9.17, 15) is 9.59 Å². The largest absolute Gasteiger partial charge is 0.344 e. The van der Waals surface area contributed by atoms with E-state index in [1.165, 1.54) is 0 Å². The predicted octanol–water partition coefficient (Wildman–Crippen LogP) is 3.05. The lowest BCUT2D eigenvalue weighted by Gasteiger charge is -2.26. The van der Waals surface area contributed by atoms with Crippen LogP contribution in [0.25, 0.3) is 0 Å². The average molecular weight is 374 g/mol. The van der Waals surface area contributed by atoms with Crippen molar-refractivity contribution in [1.29, 1.82) is 0 Å². The van der Waals surface area contributed by atoms with Gasteiger partial charge in [-0.3, -0.25) is 9.59 Å². The Morgan fingerprint density at radius 3 is 2.50 bits per heavy atom. The maximum atomic E-state index is 12.8. The van der Waals surface area contributed by atoms with Crippen LogP contribution in [-0.2, 0) is 29.0 Å². The molecule has 0 aliphatic rings. The van der Waals surface area contributed by atoms with Crippen LogP contribution in [0.5, 0.6) is 0 Å². The van der Waals surface area contributed by atoms with E-state index in [0.717, 1.165) is 22.7 Å². The molecule has 1 unspecified atom stereocenters. The second-order valence-electron chi connectivity index (χ2n) is 6.73. The molecule has 1 heterocycles. The first kappa shape index (κ1) is 20.1. The number of aromatic nitrogens is 1. The normalized spacial score (nSPS) is 12.0. The molecule has 0 saturated carbocycles. The number of nitrogens with one attached hydrogen (secondary N) is 1. The number of aryl methyl sites for hydroxylation is 1. The lowest BCUT2D eigenvalue weighted by Crippen LogP contribution is -2.50. The molecule has 140 valence electrons. The third kappa shape index (κ3) is 5.66. The zero-order valence-electron chi connectivity index (χ0n) is 15.9. The van der Waals surface area contributed by atoms with E-state index < -0.39 is 6.04 Å². The van der Waals surface area contributed by atoms with E-state index >= 15 is 0 Å². The van der Waals surface area contributed by atoms with Gasteiger partial charge in [0, 0.05) is 12.4 Å². The molecule has 5 nitrogen and oxygen atoms in total. The molecule has 6 heteroatoms. The van der Waals surface area contributed by atoms with E-state index in [-0.39, 0.29) is 24.2 Å². The molecular formula is C20H27N3O2S. The summed E-state index contributed by atoms with van der Waals surface area (Å²) in [5, 5.41) is 5.95. The van der Waals surface area contributed by atoms with Gasteiger partial charge in [-0.2, -0.15) is 0 Å². The summed E-state index contributed by atoms with van der Waals surface area (Å²) in [5.74, 6) is -0.225. The number of hydrogen-bond acceptors (Lipinski definition) is 4. The van der Waals surface area contributed by atoms with Gasteiger partial charge in [0.25, 0.3) is 0 Å². The van der Waals surface area contributed by atoms with Crippen LogP contribution in [0.4, 0.5) is 0 Å². The Morgan fingerprint density at radius 2 is 1.92 bits per heavy atom. The van der Waals surface area contributed by atoms with Gasteiger partial charge in [0.05, 0.1) is 23.7 Å². The SMILES string of the molecule is CCc1nc(CN(C)C(=O)C(NC(=O)Cc2ccccc2)C(C)C)cs1. The minimum atomic E-state index is -0.541. The molecule has 0 aliphatic carbocycles. The summed E-state index contributed by atoms with van der Waals surface area (Å²) in [5.41, 5.74) is 1.82. The highest BCUT2D eigenvalue weighted by Crippen LogP contribution is 2.14. The molecule has 1 aromatic heterocycles. The van der Waals surface area contributed by atoms with Crippen LogP contribution in [0.2, 0.25) is 0 Å². The first-order valence-electron chi connectivity index (χ1n) is 8.92. The number of hydrogen-bond donors (Lipinski definition) is 1. The molecular weight excluding hydrogens is 346 g/mol. The Morgan fingerprint density at radius 1 is 1.23 bits per heavy atom. The molecule has 1 N–H and O–H groups in total. The molecule has 1 aromatic carbocycles. The van der Waals surface area contributed by atoms with Gasteiger partial charge in [-0.1, -0.05) is 51.1 Å². The van der Waals surface area contributed by atoms with Crippen LogP contribution in [0, 0.1) is 5.92 Å². The third-order valence-electron chi connectivity index (χ3n) is 4.13. The molecule has 2 rings (SSSR count). The first-order valence-corrected chi connectivity index (χ1v) is 9.80. The Hall–Kier alpha value is -2.21. The van der Waals surface area contributed by atoms with Crippen molar-refractivity contribution < 1.29 is 9.59 Å². The van der Waals surface area contributed by atoms with Crippen molar-refractivity contribution in [2.24, 2.45) is 5.92 Å². The molecule has 0 saturated heterocycles. The van der Waals surface area contributed by atoms with Crippen molar-refractivity contribution in [3.8, 4) is 0 Å². The monoisotopic (exact) mass is 373 g/mol. The van der Waals surface area contributed by atoms with Crippen molar-refractivity contribution in [3.05, 3.63) is 52.0 Å². The summed E-state index contributed by atoms with van der Waals surface area (Å²) in [4.78, 5) is 31.4. The van der Waals surface area contributed by atoms with Crippen molar-refractivity contribution in [1.82, 2.24) is 15.2 Å². The maximum Gasteiger partial charge on any atom is 0.245 e. The van der Waals surface area contributed by atoms with E-state index in [1.807, 2.05) is 49.6 Å². The van der Waals surface area contributed by atoms with Crippen molar-refractivity contribution in [3.63, 3.8) is 0 Å². The van der Waals surface area contributed by atoms with E-state index in [0.29, 0.717) is 6.54 Å². The van der Waals surface area contributed by atoms with Crippen LogP contribution in [0.15, 0.2) is 35.7 Å². The Bertz CT molecular complexity index is 728. The van der Waals surface area contributed by atoms with Gasteiger partial charge >= 0.3 is 0 Å². The van der Waals surface area contributed by atoms with E-state index in [2.05, 4.69) is 17.2 Å². The van der Waals surface area contributed by atoms with Crippen molar-refractivity contribution in [2.45, 2.75) is 46.2 Å². The number of benzene rings is 1. The Kier molecular flexibility index (Phi) is 7.33. The van der Waals surface area contributed by atoms with Gasteiger partial charge in [0.1, 0.15) is 6.04 Å². The second kappa shape index (κ2) is 9.48. The number of rotatable bonds is 8. The van der Waals surface area contributed by atoms with Gasteiger partial charge in [-0.05, 0) is 17.9 Å². The number of carbonyl (C=O) groups is 2. The molecule has 0 fully saturated rings. The molecule has 1 atom stereocenters. The minimum Gasteiger partial charge on any atom is -0.344 e.